The maximum absolute atomic E-state index is 6.08. The molecule has 2 N–H and O–H groups in total. The molecule has 0 fully saturated rings. The Hall–Kier alpha value is -2.45. The maximum Gasteiger partial charge on any atom is 0.154 e. The highest BCUT2D eigenvalue weighted by molar-refractivity contribution is 8.13. The fourth-order valence-electron chi connectivity index (χ4n) is 3.70. The lowest BCUT2D eigenvalue weighted by atomic mass is 9.78. The number of hydrogen-bond donors (Lipinski definition) is 1. The van der Waals surface area contributed by atoms with E-state index in [1.807, 2.05) is 19.2 Å². The molecule has 0 saturated carbocycles. The number of benzene rings is 1. The number of nitrogens with zero attached hydrogens (tertiary/aromatic N) is 2. The summed E-state index contributed by atoms with van der Waals surface area (Å²) in [5, 5.41) is 0.656. The van der Waals surface area contributed by atoms with Crippen molar-refractivity contribution >= 4 is 16.9 Å². The van der Waals surface area contributed by atoms with Gasteiger partial charge in [0.15, 0.2) is 5.17 Å². The van der Waals surface area contributed by atoms with Gasteiger partial charge in [-0.15, -0.1) is 5.92 Å². The zero-order chi connectivity index (χ0) is 18.1. The molecule has 0 amide bonds. The molecule has 0 bridgehead atoms. The monoisotopic (exact) mass is 363 g/mol. The van der Waals surface area contributed by atoms with E-state index in [2.05, 4.69) is 41.9 Å². The number of nitrogens with two attached hydrogens (primary N) is 1. The van der Waals surface area contributed by atoms with Crippen molar-refractivity contribution in [2.45, 2.75) is 25.8 Å². The zero-order valence-electron chi connectivity index (χ0n) is 15.0. The molecule has 0 aliphatic carbocycles. The van der Waals surface area contributed by atoms with Gasteiger partial charge in [0.1, 0.15) is 5.75 Å². The highest BCUT2D eigenvalue weighted by Crippen LogP contribution is 2.47. The minimum absolute atomic E-state index is 0.356. The summed E-state index contributed by atoms with van der Waals surface area (Å²) < 4.78 is 6.04. The summed E-state index contributed by atoms with van der Waals surface area (Å²) in [6, 6.07) is 8.37. The summed E-state index contributed by atoms with van der Waals surface area (Å²) in [4.78, 5) is 9.20. The third-order valence-electron chi connectivity index (χ3n) is 5.16. The van der Waals surface area contributed by atoms with Gasteiger partial charge in [0.2, 0.25) is 0 Å². The van der Waals surface area contributed by atoms with Crippen LogP contribution in [-0.4, -0.2) is 22.5 Å². The molecule has 2 aromatic rings. The second kappa shape index (κ2) is 6.69. The number of ether oxygens (including phenoxy) is 1. The number of hydrogen-bond acceptors (Lipinski definition) is 5. The van der Waals surface area contributed by atoms with Crippen molar-refractivity contribution in [3.05, 3.63) is 47.8 Å². The molecule has 2 aliphatic rings. The lowest BCUT2D eigenvalue weighted by molar-refractivity contribution is 0.271. The molecule has 3 heterocycles. The minimum Gasteiger partial charge on any atom is -0.493 e. The van der Waals surface area contributed by atoms with E-state index in [1.54, 1.807) is 18.0 Å². The summed E-state index contributed by atoms with van der Waals surface area (Å²) >= 11 is 1.64. The molecule has 26 heavy (non-hydrogen) atoms. The summed E-state index contributed by atoms with van der Waals surface area (Å²) in [5.74, 6) is 8.28. The van der Waals surface area contributed by atoms with E-state index >= 15 is 0 Å². The smallest absolute Gasteiger partial charge is 0.154 e. The molecule has 4 nitrogen and oxygen atoms in total. The first-order chi connectivity index (χ1) is 12.6. The van der Waals surface area contributed by atoms with Gasteiger partial charge in [0.25, 0.3) is 0 Å². The van der Waals surface area contributed by atoms with Crippen molar-refractivity contribution < 1.29 is 4.74 Å². The van der Waals surface area contributed by atoms with Crippen molar-refractivity contribution in [1.29, 1.82) is 0 Å². The van der Waals surface area contributed by atoms with Gasteiger partial charge in [-0.3, -0.25) is 9.98 Å². The Balaban J connectivity index is 1.85. The molecule has 2 atom stereocenters. The van der Waals surface area contributed by atoms with E-state index in [1.165, 1.54) is 0 Å². The predicted octanol–water partition coefficient (Wildman–Crippen LogP) is 3.80. The quantitative estimate of drug-likeness (QED) is 0.783. The molecule has 0 spiro atoms. The number of aromatic nitrogens is 1. The Morgan fingerprint density at radius 2 is 2.15 bits per heavy atom. The lowest BCUT2D eigenvalue weighted by Crippen LogP contribution is -2.37. The molecule has 0 radical (unpaired) electrons. The SMILES string of the molecule is CC#Cc1cncc(-c2ccc3c(c2)[C@]2(C)N=C(N)SC[C@@H]2CCO3)c1. The molecule has 0 saturated heterocycles. The van der Waals surface area contributed by atoms with Gasteiger partial charge in [-0.05, 0) is 44.0 Å². The van der Waals surface area contributed by atoms with Crippen molar-refractivity contribution in [1.82, 2.24) is 4.98 Å². The Morgan fingerprint density at radius 3 is 3.00 bits per heavy atom. The van der Waals surface area contributed by atoms with E-state index < -0.39 is 0 Å². The van der Waals surface area contributed by atoms with Crippen molar-refractivity contribution in [3.8, 4) is 28.7 Å². The topological polar surface area (TPSA) is 60.5 Å². The van der Waals surface area contributed by atoms with Gasteiger partial charge in [-0.2, -0.15) is 0 Å². The van der Waals surface area contributed by atoms with E-state index in [4.69, 9.17) is 15.5 Å². The first kappa shape index (κ1) is 17.0. The number of pyridine rings is 1. The molecular weight excluding hydrogens is 342 g/mol. The standard InChI is InChI=1S/C21H21N3OS/c1-3-4-14-9-16(12-23-11-14)15-5-6-19-18(10-15)21(2)17(7-8-25-19)13-26-20(22)24-21/h5-6,9-12,17H,7-8,13H2,1-2H3,(H2,22,24)/t17-,21+/m0/s1. The van der Waals surface area contributed by atoms with Crippen LogP contribution in [0, 0.1) is 17.8 Å². The van der Waals surface area contributed by atoms with Crippen LogP contribution in [0.1, 0.15) is 31.4 Å². The van der Waals surface area contributed by atoms with Gasteiger partial charge < -0.3 is 10.5 Å². The number of aliphatic imine (C=N–C) groups is 1. The van der Waals surface area contributed by atoms with Crippen molar-refractivity contribution in [2.75, 3.05) is 12.4 Å². The predicted molar refractivity (Wildman–Crippen MR) is 107 cm³/mol. The van der Waals surface area contributed by atoms with E-state index in [0.717, 1.165) is 40.2 Å². The Morgan fingerprint density at radius 1 is 1.27 bits per heavy atom. The fourth-order valence-corrected chi connectivity index (χ4v) is 4.82. The summed E-state index contributed by atoms with van der Waals surface area (Å²) in [7, 11) is 0. The van der Waals surface area contributed by atoms with Gasteiger partial charge >= 0.3 is 0 Å². The minimum atomic E-state index is -0.356. The second-order valence-corrected chi connectivity index (χ2v) is 7.83. The highest BCUT2D eigenvalue weighted by atomic mass is 32.2. The first-order valence-electron chi connectivity index (χ1n) is 8.74. The lowest BCUT2D eigenvalue weighted by Gasteiger charge is -2.36. The molecule has 4 rings (SSSR count). The molecule has 5 heteroatoms. The largest absolute Gasteiger partial charge is 0.493 e. The third-order valence-corrected chi connectivity index (χ3v) is 6.12. The van der Waals surface area contributed by atoms with Crippen LogP contribution in [0.5, 0.6) is 5.75 Å². The highest BCUT2D eigenvalue weighted by Gasteiger charge is 2.42. The summed E-state index contributed by atoms with van der Waals surface area (Å²) in [6.07, 6.45) is 4.63. The van der Waals surface area contributed by atoms with Gasteiger partial charge in [0, 0.05) is 40.8 Å². The normalized spacial score (nSPS) is 24.1. The van der Waals surface area contributed by atoms with Crippen LogP contribution < -0.4 is 10.5 Å². The van der Waals surface area contributed by atoms with Crippen LogP contribution in [0.25, 0.3) is 11.1 Å². The molecule has 0 unspecified atom stereocenters. The second-order valence-electron chi connectivity index (χ2n) is 6.79. The fraction of sp³-hybridized carbons (Fsp3) is 0.333. The van der Waals surface area contributed by atoms with Crippen LogP contribution in [0.4, 0.5) is 0 Å². The average molecular weight is 363 g/mol. The number of rotatable bonds is 1. The van der Waals surface area contributed by atoms with Crippen molar-refractivity contribution in [3.63, 3.8) is 0 Å². The summed E-state index contributed by atoms with van der Waals surface area (Å²) in [6.45, 7) is 4.72. The number of thioether (sulfide) groups is 1. The third kappa shape index (κ3) is 2.95. The molecular formula is C21H21N3OS. The van der Waals surface area contributed by atoms with Gasteiger partial charge in [-0.25, -0.2) is 0 Å². The summed E-state index contributed by atoms with van der Waals surface area (Å²) in [5.41, 5.74) is 9.88. The molecule has 1 aromatic carbocycles. The van der Waals surface area contributed by atoms with E-state index in [9.17, 15) is 0 Å². The van der Waals surface area contributed by atoms with Crippen LogP contribution in [0.15, 0.2) is 41.7 Å². The Bertz CT molecular complexity index is 944. The Kier molecular flexibility index (Phi) is 4.37. The Labute approximate surface area is 158 Å². The molecule has 2 aliphatic heterocycles. The number of amidine groups is 1. The van der Waals surface area contributed by atoms with Crippen LogP contribution in [0.3, 0.4) is 0 Å². The van der Waals surface area contributed by atoms with E-state index in [-0.39, 0.29) is 5.54 Å². The molecule has 132 valence electrons. The zero-order valence-corrected chi connectivity index (χ0v) is 15.8. The molecule has 1 aromatic heterocycles. The van der Waals surface area contributed by atoms with E-state index in [0.29, 0.717) is 17.7 Å². The van der Waals surface area contributed by atoms with Crippen LogP contribution >= 0.6 is 11.8 Å². The average Bonchev–Trinajstić information content (AvgIpc) is 2.78. The number of fused-ring (bicyclic) bond motifs is 3. The van der Waals surface area contributed by atoms with Gasteiger partial charge in [-0.1, -0.05) is 23.7 Å². The maximum atomic E-state index is 6.08. The van der Waals surface area contributed by atoms with Gasteiger partial charge in [0.05, 0.1) is 12.1 Å². The first-order valence-corrected chi connectivity index (χ1v) is 9.72. The van der Waals surface area contributed by atoms with Crippen LogP contribution in [-0.2, 0) is 5.54 Å². The van der Waals surface area contributed by atoms with Crippen molar-refractivity contribution in [2.24, 2.45) is 16.6 Å². The van der Waals surface area contributed by atoms with Crippen LogP contribution in [0.2, 0.25) is 0 Å².